The summed E-state index contributed by atoms with van der Waals surface area (Å²) in [6.07, 6.45) is 0. The molecule has 0 saturated heterocycles. The number of nitro groups is 1. The Morgan fingerprint density at radius 1 is 1.47 bits per heavy atom. The third kappa shape index (κ3) is 1.79. The van der Waals surface area contributed by atoms with E-state index in [2.05, 4.69) is 5.32 Å². The summed E-state index contributed by atoms with van der Waals surface area (Å²) < 4.78 is 18.6. The first-order valence-corrected chi connectivity index (χ1v) is 4.79. The molecule has 2 rings (SSSR count). The standard InChI is InChI=1S/C10H9FN2O4/c1-10(2)9(14)12-6-4-7(13(15)16)5(11)3-8(6)17-10/h3-4H,1-2H3,(H,12,14). The molecule has 7 heteroatoms. The van der Waals surface area contributed by atoms with Gasteiger partial charge in [0.2, 0.25) is 5.82 Å². The minimum Gasteiger partial charge on any atom is -0.476 e. The normalized spacial score (nSPS) is 16.8. The van der Waals surface area contributed by atoms with Gasteiger partial charge in [-0.25, -0.2) is 0 Å². The molecule has 1 aromatic carbocycles. The number of amides is 1. The van der Waals surface area contributed by atoms with Crippen molar-refractivity contribution in [3.8, 4) is 5.75 Å². The number of hydrogen-bond donors (Lipinski definition) is 1. The van der Waals surface area contributed by atoms with Crippen molar-refractivity contribution in [2.45, 2.75) is 19.4 Å². The van der Waals surface area contributed by atoms with Crippen LogP contribution >= 0.6 is 0 Å². The molecule has 1 aliphatic rings. The molecule has 0 radical (unpaired) electrons. The lowest BCUT2D eigenvalue weighted by atomic mass is 10.1. The second-order valence-electron chi connectivity index (χ2n) is 4.12. The van der Waals surface area contributed by atoms with E-state index in [9.17, 15) is 19.3 Å². The zero-order chi connectivity index (χ0) is 12.8. The van der Waals surface area contributed by atoms with Gasteiger partial charge in [0.05, 0.1) is 10.6 Å². The van der Waals surface area contributed by atoms with Gasteiger partial charge in [-0.1, -0.05) is 0 Å². The Labute approximate surface area is 95.5 Å². The van der Waals surface area contributed by atoms with E-state index in [1.165, 1.54) is 13.8 Å². The van der Waals surface area contributed by atoms with E-state index in [1.54, 1.807) is 0 Å². The predicted octanol–water partition coefficient (Wildman–Crippen LogP) is 1.84. The molecule has 17 heavy (non-hydrogen) atoms. The van der Waals surface area contributed by atoms with Crippen LogP contribution in [0, 0.1) is 15.9 Å². The van der Waals surface area contributed by atoms with Crippen LogP contribution in [0.4, 0.5) is 15.8 Å². The van der Waals surface area contributed by atoms with Gasteiger partial charge < -0.3 is 10.1 Å². The zero-order valence-corrected chi connectivity index (χ0v) is 9.11. The topological polar surface area (TPSA) is 81.5 Å². The molecular weight excluding hydrogens is 231 g/mol. The summed E-state index contributed by atoms with van der Waals surface area (Å²) in [4.78, 5) is 21.2. The number of nitrogens with zero attached hydrogens (tertiary/aromatic N) is 1. The van der Waals surface area contributed by atoms with Crippen LogP contribution in [-0.2, 0) is 4.79 Å². The van der Waals surface area contributed by atoms with Gasteiger partial charge in [0.25, 0.3) is 5.91 Å². The smallest absolute Gasteiger partial charge is 0.307 e. The van der Waals surface area contributed by atoms with E-state index in [0.717, 1.165) is 12.1 Å². The number of nitrogens with one attached hydrogen (secondary N) is 1. The first-order valence-electron chi connectivity index (χ1n) is 4.79. The number of carbonyl (C=O) groups excluding carboxylic acids is 1. The highest BCUT2D eigenvalue weighted by Gasteiger charge is 2.36. The number of benzene rings is 1. The van der Waals surface area contributed by atoms with Gasteiger partial charge in [-0.3, -0.25) is 14.9 Å². The quantitative estimate of drug-likeness (QED) is 0.599. The molecule has 0 bridgehead atoms. The van der Waals surface area contributed by atoms with Crippen molar-refractivity contribution < 1.29 is 18.8 Å². The molecule has 1 aromatic rings. The maximum atomic E-state index is 13.3. The van der Waals surface area contributed by atoms with Crippen molar-refractivity contribution in [3.63, 3.8) is 0 Å². The van der Waals surface area contributed by atoms with Gasteiger partial charge >= 0.3 is 5.69 Å². The fourth-order valence-corrected chi connectivity index (χ4v) is 1.46. The molecule has 1 N–H and O–H groups in total. The maximum Gasteiger partial charge on any atom is 0.307 e. The average Bonchev–Trinajstić information content (AvgIpc) is 2.19. The molecule has 0 saturated carbocycles. The summed E-state index contributed by atoms with van der Waals surface area (Å²) in [7, 11) is 0. The van der Waals surface area contributed by atoms with Gasteiger partial charge in [-0.2, -0.15) is 4.39 Å². The van der Waals surface area contributed by atoms with Crippen molar-refractivity contribution in [2.75, 3.05) is 5.32 Å². The molecular formula is C10H9FN2O4. The van der Waals surface area contributed by atoms with Crippen molar-refractivity contribution in [1.29, 1.82) is 0 Å². The summed E-state index contributed by atoms with van der Waals surface area (Å²) in [5.41, 5.74) is -1.73. The van der Waals surface area contributed by atoms with Gasteiger partial charge in [0.1, 0.15) is 5.75 Å². The first-order chi connectivity index (χ1) is 7.81. The van der Waals surface area contributed by atoms with Crippen LogP contribution in [0.25, 0.3) is 0 Å². The van der Waals surface area contributed by atoms with E-state index in [1.807, 2.05) is 0 Å². The van der Waals surface area contributed by atoms with Crippen LogP contribution in [0.3, 0.4) is 0 Å². The number of halogens is 1. The highest BCUT2D eigenvalue weighted by molar-refractivity contribution is 6.00. The van der Waals surface area contributed by atoms with E-state index >= 15 is 0 Å². The largest absolute Gasteiger partial charge is 0.476 e. The third-order valence-corrected chi connectivity index (χ3v) is 2.41. The lowest BCUT2D eigenvalue weighted by Gasteiger charge is -2.31. The number of carbonyl (C=O) groups is 1. The number of hydrogen-bond acceptors (Lipinski definition) is 4. The van der Waals surface area contributed by atoms with Crippen LogP contribution in [0.15, 0.2) is 12.1 Å². The van der Waals surface area contributed by atoms with Gasteiger partial charge in [0.15, 0.2) is 5.60 Å². The molecule has 0 unspecified atom stereocenters. The van der Waals surface area contributed by atoms with Crippen molar-refractivity contribution in [1.82, 2.24) is 0 Å². The van der Waals surface area contributed by atoms with Crippen LogP contribution < -0.4 is 10.1 Å². The monoisotopic (exact) mass is 240 g/mol. The van der Waals surface area contributed by atoms with Crippen LogP contribution in [0.2, 0.25) is 0 Å². The second kappa shape index (κ2) is 3.41. The van der Waals surface area contributed by atoms with Crippen molar-refractivity contribution >= 4 is 17.3 Å². The molecule has 6 nitrogen and oxygen atoms in total. The highest BCUT2D eigenvalue weighted by Crippen LogP contribution is 2.37. The summed E-state index contributed by atoms with van der Waals surface area (Å²) in [5.74, 6) is -1.36. The minimum atomic E-state index is -1.13. The molecule has 0 aromatic heterocycles. The lowest BCUT2D eigenvalue weighted by Crippen LogP contribution is -2.45. The summed E-state index contributed by atoms with van der Waals surface area (Å²) in [6, 6.07) is 1.84. The number of ether oxygens (including phenoxy) is 1. The fourth-order valence-electron chi connectivity index (χ4n) is 1.46. The number of nitro benzene ring substituents is 1. The van der Waals surface area contributed by atoms with Crippen LogP contribution in [-0.4, -0.2) is 16.4 Å². The Hall–Kier alpha value is -2.18. The third-order valence-electron chi connectivity index (χ3n) is 2.41. The minimum absolute atomic E-state index is 0.0812. The zero-order valence-electron chi connectivity index (χ0n) is 9.11. The predicted molar refractivity (Wildman–Crippen MR) is 56.4 cm³/mol. The molecule has 0 fully saturated rings. The Morgan fingerprint density at radius 2 is 2.12 bits per heavy atom. The molecule has 1 amide bonds. The Morgan fingerprint density at radius 3 is 2.71 bits per heavy atom. The summed E-state index contributed by atoms with van der Waals surface area (Å²) in [5, 5.41) is 13.0. The maximum absolute atomic E-state index is 13.3. The molecule has 0 atom stereocenters. The summed E-state index contributed by atoms with van der Waals surface area (Å²) >= 11 is 0. The second-order valence-corrected chi connectivity index (χ2v) is 4.12. The van der Waals surface area contributed by atoms with Crippen LogP contribution in [0.1, 0.15) is 13.8 Å². The van der Waals surface area contributed by atoms with E-state index < -0.39 is 27.9 Å². The van der Waals surface area contributed by atoms with E-state index in [4.69, 9.17) is 4.74 Å². The first kappa shape index (κ1) is 11.3. The van der Waals surface area contributed by atoms with Gasteiger partial charge in [-0.15, -0.1) is 0 Å². The molecule has 1 heterocycles. The van der Waals surface area contributed by atoms with Gasteiger partial charge in [-0.05, 0) is 13.8 Å². The van der Waals surface area contributed by atoms with Crippen molar-refractivity contribution in [3.05, 3.63) is 28.1 Å². The fraction of sp³-hybridized carbons (Fsp3) is 0.300. The van der Waals surface area contributed by atoms with E-state index in [0.29, 0.717) is 0 Å². The SMILES string of the molecule is CC1(C)Oc2cc(F)c([N+](=O)[O-])cc2NC1=O. The molecule has 90 valence electrons. The van der Waals surface area contributed by atoms with Gasteiger partial charge in [0, 0.05) is 12.1 Å². The number of anilines is 1. The Balaban J connectivity index is 2.53. The Bertz CT molecular complexity index is 527. The van der Waals surface area contributed by atoms with E-state index in [-0.39, 0.29) is 11.4 Å². The average molecular weight is 240 g/mol. The molecule has 1 aliphatic heterocycles. The molecule has 0 aliphatic carbocycles. The number of rotatable bonds is 1. The summed E-state index contributed by atoms with van der Waals surface area (Å²) in [6.45, 7) is 3.04. The lowest BCUT2D eigenvalue weighted by molar-refractivity contribution is -0.387. The Kier molecular flexibility index (Phi) is 2.27. The van der Waals surface area contributed by atoms with Crippen LogP contribution in [0.5, 0.6) is 5.75 Å². The highest BCUT2D eigenvalue weighted by atomic mass is 19.1. The molecule has 0 spiro atoms. The van der Waals surface area contributed by atoms with Crippen molar-refractivity contribution in [2.24, 2.45) is 0 Å². The number of fused-ring (bicyclic) bond motifs is 1.